The summed E-state index contributed by atoms with van der Waals surface area (Å²) in [6, 6.07) is 15.5. The monoisotopic (exact) mass is 418 g/mol. The molecule has 156 valence electrons. The number of halogens is 1. The van der Waals surface area contributed by atoms with Crippen LogP contribution in [-0.2, 0) is 21.2 Å². The fourth-order valence-corrected chi connectivity index (χ4v) is 5.18. The highest BCUT2D eigenvalue weighted by Crippen LogP contribution is 2.27. The predicted octanol–water partition coefficient (Wildman–Crippen LogP) is 3.37. The molecule has 1 N–H and O–H groups in total. The molecule has 0 spiro atoms. The highest BCUT2D eigenvalue weighted by atomic mass is 32.2. The Morgan fingerprint density at radius 3 is 2.38 bits per heavy atom. The molecule has 0 unspecified atom stereocenters. The van der Waals surface area contributed by atoms with Gasteiger partial charge in [-0.1, -0.05) is 42.5 Å². The van der Waals surface area contributed by atoms with Gasteiger partial charge in [0.25, 0.3) is 0 Å². The zero-order chi connectivity index (χ0) is 20.7. The van der Waals surface area contributed by atoms with Gasteiger partial charge in [0.1, 0.15) is 10.7 Å². The summed E-state index contributed by atoms with van der Waals surface area (Å²) < 4.78 is 40.5. The van der Waals surface area contributed by atoms with Gasteiger partial charge in [-0.25, -0.2) is 12.8 Å². The number of sulfonamides is 1. The van der Waals surface area contributed by atoms with Crippen LogP contribution in [0.25, 0.3) is 0 Å². The van der Waals surface area contributed by atoms with Crippen molar-refractivity contribution in [1.82, 2.24) is 9.62 Å². The Kier molecular flexibility index (Phi) is 7.39. The zero-order valence-electron chi connectivity index (χ0n) is 16.4. The van der Waals surface area contributed by atoms with Gasteiger partial charge in [-0.3, -0.25) is 4.79 Å². The fraction of sp³-hybridized carbons (Fsp3) is 0.409. The molecule has 0 saturated carbocycles. The molecule has 0 aliphatic carbocycles. The Hall–Kier alpha value is -2.25. The first-order valence-corrected chi connectivity index (χ1v) is 11.5. The van der Waals surface area contributed by atoms with Crippen molar-refractivity contribution in [2.45, 2.75) is 37.0 Å². The lowest BCUT2D eigenvalue weighted by Gasteiger charge is -2.31. The van der Waals surface area contributed by atoms with Crippen molar-refractivity contribution in [2.75, 3.05) is 19.6 Å². The third-order valence-corrected chi connectivity index (χ3v) is 7.32. The van der Waals surface area contributed by atoms with E-state index in [-0.39, 0.29) is 10.8 Å². The molecule has 2 aromatic carbocycles. The number of carbonyl (C=O) groups is 1. The third kappa shape index (κ3) is 5.87. The molecule has 1 fully saturated rings. The smallest absolute Gasteiger partial charge is 0.245 e. The fourth-order valence-electron chi connectivity index (χ4n) is 3.65. The molecule has 1 aliphatic rings. The van der Waals surface area contributed by atoms with Crippen LogP contribution in [0.2, 0.25) is 0 Å². The summed E-state index contributed by atoms with van der Waals surface area (Å²) in [5, 5.41) is 2.94. The number of hydrogen-bond acceptors (Lipinski definition) is 3. The van der Waals surface area contributed by atoms with E-state index in [9.17, 15) is 17.6 Å². The molecule has 0 aromatic heterocycles. The van der Waals surface area contributed by atoms with Crippen molar-refractivity contribution in [3.63, 3.8) is 0 Å². The summed E-state index contributed by atoms with van der Waals surface area (Å²) in [6.45, 7) is 1.33. The highest BCUT2D eigenvalue weighted by Gasteiger charge is 2.31. The van der Waals surface area contributed by atoms with E-state index in [1.165, 1.54) is 28.1 Å². The lowest BCUT2D eigenvalue weighted by Crippen LogP contribution is -2.39. The van der Waals surface area contributed by atoms with E-state index >= 15 is 0 Å². The minimum atomic E-state index is -3.81. The Morgan fingerprint density at radius 1 is 1.03 bits per heavy atom. The summed E-state index contributed by atoms with van der Waals surface area (Å²) in [4.78, 5) is 11.8. The molecule has 3 rings (SSSR count). The molecule has 1 aliphatic heterocycles. The topological polar surface area (TPSA) is 66.5 Å². The van der Waals surface area contributed by atoms with Crippen LogP contribution in [0.3, 0.4) is 0 Å². The van der Waals surface area contributed by atoms with Crippen LogP contribution in [0, 0.1) is 11.7 Å². The molecule has 0 radical (unpaired) electrons. The number of hydrogen-bond donors (Lipinski definition) is 1. The lowest BCUT2D eigenvalue weighted by atomic mass is 9.93. The normalized spacial score (nSPS) is 15.9. The van der Waals surface area contributed by atoms with Crippen LogP contribution in [0.1, 0.15) is 31.2 Å². The zero-order valence-corrected chi connectivity index (χ0v) is 17.2. The first-order chi connectivity index (χ1) is 14.0. The maximum absolute atomic E-state index is 13.9. The minimum absolute atomic E-state index is 0.0299. The Labute approximate surface area is 172 Å². The molecule has 0 atom stereocenters. The van der Waals surface area contributed by atoms with Crippen molar-refractivity contribution >= 4 is 15.9 Å². The first-order valence-electron chi connectivity index (χ1n) is 10.0. The van der Waals surface area contributed by atoms with Crippen molar-refractivity contribution in [3.8, 4) is 0 Å². The molecule has 5 nitrogen and oxygen atoms in total. The molecule has 29 heavy (non-hydrogen) atoms. The molecular formula is C22H27FN2O3S. The number of amides is 1. The number of rotatable bonds is 8. The second-order valence-corrected chi connectivity index (χ2v) is 9.31. The van der Waals surface area contributed by atoms with E-state index in [2.05, 4.69) is 5.32 Å². The number of carbonyl (C=O) groups excluding carboxylic acids is 1. The van der Waals surface area contributed by atoms with E-state index in [1.54, 1.807) is 0 Å². The summed E-state index contributed by atoms with van der Waals surface area (Å²) in [6.07, 6.45) is 3.36. The van der Waals surface area contributed by atoms with Gasteiger partial charge < -0.3 is 5.32 Å². The highest BCUT2D eigenvalue weighted by molar-refractivity contribution is 7.89. The maximum atomic E-state index is 13.9. The maximum Gasteiger partial charge on any atom is 0.245 e. The van der Waals surface area contributed by atoms with Crippen molar-refractivity contribution in [3.05, 3.63) is 66.0 Å². The first kappa shape index (κ1) is 21.5. The van der Waals surface area contributed by atoms with Gasteiger partial charge >= 0.3 is 0 Å². The van der Waals surface area contributed by atoms with Crippen LogP contribution >= 0.6 is 0 Å². The van der Waals surface area contributed by atoms with Gasteiger partial charge in [-0.05, 0) is 49.3 Å². The van der Waals surface area contributed by atoms with E-state index in [0.29, 0.717) is 44.8 Å². The van der Waals surface area contributed by atoms with Gasteiger partial charge in [-0.2, -0.15) is 4.31 Å². The Morgan fingerprint density at radius 2 is 1.69 bits per heavy atom. The molecule has 0 bridgehead atoms. The molecule has 7 heteroatoms. The number of nitrogens with one attached hydrogen (secondary N) is 1. The molecule has 1 heterocycles. The average Bonchev–Trinajstić information content (AvgIpc) is 2.73. The summed E-state index contributed by atoms with van der Waals surface area (Å²) in [5.41, 5.74) is 1.19. The SMILES string of the molecule is O=C(CCC1CCN(S(=O)(=O)c2ccccc2F)CC1)NCCc1ccccc1. The van der Waals surface area contributed by atoms with E-state index in [4.69, 9.17) is 0 Å². The Balaban J connectivity index is 1.39. The largest absolute Gasteiger partial charge is 0.356 e. The van der Waals surface area contributed by atoms with Gasteiger partial charge in [0.05, 0.1) is 0 Å². The van der Waals surface area contributed by atoms with Gasteiger partial charge in [0.15, 0.2) is 0 Å². The number of piperidine rings is 1. The van der Waals surface area contributed by atoms with E-state index < -0.39 is 15.8 Å². The van der Waals surface area contributed by atoms with Gasteiger partial charge in [0.2, 0.25) is 15.9 Å². The lowest BCUT2D eigenvalue weighted by molar-refractivity contribution is -0.121. The quantitative estimate of drug-likeness (QED) is 0.715. The van der Waals surface area contributed by atoms with Crippen LogP contribution in [0.5, 0.6) is 0 Å². The molecule has 1 amide bonds. The second kappa shape index (κ2) is 9.98. The average molecular weight is 419 g/mol. The van der Waals surface area contributed by atoms with Crippen LogP contribution in [-0.4, -0.2) is 38.3 Å². The summed E-state index contributed by atoms with van der Waals surface area (Å²) >= 11 is 0. The second-order valence-electron chi connectivity index (χ2n) is 7.40. The number of nitrogens with zero attached hydrogens (tertiary/aromatic N) is 1. The van der Waals surface area contributed by atoms with Crippen LogP contribution in [0.15, 0.2) is 59.5 Å². The molecule has 1 saturated heterocycles. The van der Waals surface area contributed by atoms with Gasteiger partial charge in [-0.15, -0.1) is 0 Å². The van der Waals surface area contributed by atoms with E-state index in [0.717, 1.165) is 18.9 Å². The van der Waals surface area contributed by atoms with Crippen molar-refractivity contribution in [1.29, 1.82) is 0 Å². The summed E-state index contributed by atoms with van der Waals surface area (Å²) in [7, 11) is -3.81. The standard InChI is InChI=1S/C22H27FN2O3S/c23-20-8-4-5-9-21(20)29(27,28)25-16-13-19(14-17-25)10-11-22(26)24-15-12-18-6-2-1-3-7-18/h1-9,19H,10-17H2,(H,24,26). The van der Waals surface area contributed by atoms with Crippen molar-refractivity contribution in [2.24, 2.45) is 5.92 Å². The third-order valence-electron chi connectivity index (χ3n) is 5.39. The van der Waals surface area contributed by atoms with Crippen LogP contribution in [0.4, 0.5) is 4.39 Å². The molecular weight excluding hydrogens is 391 g/mol. The molecule has 2 aromatic rings. The Bertz CT molecular complexity index is 911. The minimum Gasteiger partial charge on any atom is -0.356 e. The van der Waals surface area contributed by atoms with E-state index in [1.807, 2.05) is 30.3 Å². The summed E-state index contributed by atoms with van der Waals surface area (Å²) in [5.74, 6) is -0.383. The van der Waals surface area contributed by atoms with Crippen molar-refractivity contribution < 1.29 is 17.6 Å². The predicted molar refractivity (Wildman–Crippen MR) is 110 cm³/mol. The van der Waals surface area contributed by atoms with Crippen LogP contribution < -0.4 is 5.32 Å². The number of benzene rings is 2. The van der Waals surface area contributed by atoms with Gasteiger partial charge in [0, 0.05) is 26.1 Å².